The first-order valence-corrected chi connectivity index (χ1v) is 9.56. The molecule has 8 nitrogen and oxygen atoms in total. The lowest BCUT2D eigenvalue weighted by atomic mass is 10.1. The highest BCUT2D eigenvalue weighted by molar-refractivity contribution is 6.30. The summed E-state index contributed by atoms with van der Waals surface area (Å²) in [6, 6.07) is 14.8. The summed E-state index contributed by atoms with van der Waals surface area (Å²) in [5, 5.41) is 0.621. The smallest absolute Gasteiger partial charge is 0.332 e. The standard InChI is InChI=1S/C21H17ClN6O2/c1-25-18-17(19(29)26(2)21(25)30)27-11-16(12-7-9-13(22)10-8-12)28(20(27)24-18)15-6-4-3-5-14(15)23/h3-11H,23H2,1-2H3. The number of aromatic nitrogens is 5. The monoisotopic (exact) mass is 420 g/mol. The molecule has 5 rings (SSSR count). The molecule has 0 saturated heterocycles. The SMILES string of the molecule is Cn1c(=O)c2c(nc3n(-c4ccccc4N)c(-c4ccc(Cl)cc4)cn23)n(C)c1=O. The first-order valence-electron chi connectivity index (χ1n) is 9.19. The van der Waals surface area contributed by atoms with Crippen molar-refractivity contribution < 1.29 is 0 Å². The number of rotatable bonds is 2. The normalized spacial score (nSPS) is 11.6. The van der Waals surface area contributed by atoms with Gasteiger partial charge in [0.05, 0.1) is 17.1 Å². The second-order valence-electron chi connectivity index (χ2n) is 7.08. The maximum Gasteiger partial charge on any atom is 0.332 e. The van der Waals surface area contributed by atoms with E-state index in [4.69, 9.17) is 17.3 Å². The average Bonchev–Trinajstić information content (AvgIpc) is 3.28. The van der Waals surface area contributed by atoms with E-state index in [1.807, 2.05) is 41.1 Å². The minimum Gasteiger partial charge on any atom is -0.397 e. The molecule has 0 aliphatic carbocycles. The molecule has 30 heavy (non-hydrogen) atoms. The van der Waals surface area contributed by atoms with Gasteiger partial charge in [-0.25, -0.2) is 4.79 Å². The van der Waals surface area contributed by atoms with E-state index in [9.17, 15) is 9.59 Å². The van der Waals surface area contributed by atoms with Crippen molar-refractivity contribution in [1.29, 1.82) is 0 Å². The number of hydrogen-bond acceptors (Lipinski definition) is 4. The number of nitrogens with zero attached hydrogens (tertiary/aromatic N) is 5. The van der Waals surface area contributed by atoms with Crippen LogP contribution < -0.4 is 17.0 Å². The fourth-order valence-corrected chi connectivity index (χ4v) is 3.85. The Hall–Kier alpha value is -3.78. The lowest BCUT2D eigenvalue weighted by Gasteiger charge is -2.11. The zero-order valence-corrected chi connectivity index (χ0v) is 17.0. The number of para-hydroxylation sites is 2. The van der Waals surface area contributed by atoms with Gasteiger partial charge in [0.2, 0.25) is 5.78 Å². The predicted octanol–water partition coefficient (Wildman–Crippen LogP) is 2.58. The second kappa shape index (κ2) is 6.36. The van der Waals surface area contributed by atoms with Crippen molar-refractivity contribution in [2.75, 3.05) is 5.73 Å². The first-order chi connectivity index (χ1) is 14.4. The Kier molecular flexibility index (Phi) is 3.87. The highest BCUT2D eigenvalue weighted by atomic mass is 35.5. The molecule has 0 unspecified atom stereocenters. The summed E-state index contributed by atoms with van der Waals surface area (Å²) in [6.07, 6.45) is 1.83. The van der Waals surface area contributed by atoms with Crippen molar-refractivity contribution in [3.63, 3.8) is 0 Å². The maximum atomic E-state index is 12.9. The third kappa shape index (κ3) is 2.44. The van der Waals surface area contributed by atoms with Crippen LogP contribution in [-0.2, 0) is 14.1 Å². The van der Waals surface area contributed by atoms with Crippen molar-refractivity contribution in [3.8, 4) is 16.9 Å². The van der Waals surface area contributed by atoms with Crippen LogP contribution >= 0.6 is 11.6 Å². The van der Waals surface area contributed by atoms with Gasteiger partial charge in [0.25, 0.3) is 5.56 Å². The Morgan fingerprint density at radius 2 is 1.67 bits per heavy atom. The largest absolute Gasteiger partial charge is 0.397 e. The molecule has 150 valence electrons. The summed E-state index contributed by atoms with van der Waals surface area (Å²) in [6.45, 7) is 0. The summed E-state index contributed by atoms with van der Waals surface area (Å²) in [7, 11) is 3.05. The fraction of sp³-hybridized carbons (Fsp3) is 0.0952. The number of benzene rings is 2. The van der Waals surface area contributed by atoms with Gasteiger partial charge in [0.1, 0.15) is 0 Å². The third-order valence-corrected chi connectivity index (χ3v) is 5.53. The van der Waals surface area contributed by atoms with Crippen molar-refractivity contribution in [3.05, 3.63) is 80.6 Å². The molecule has 0 amide bonds. The molecule has 2 aromatic carbocycles. The molecule has 9 heteroatoms. The number of nitrogens with two attached hydrogens (primary N) is 1. The molecule has 0 saturated carbocycles. The van der Waals surface area contributed by atoms with E-state index in [1.54, 1.807) is 29.6 Å². The number of imidazole rings is 2. The highest BCUT2D eigenvalue weighted by Crippen LogP contribution is 2.31. The van der Waals surface area contributed by atoms with Crippen LogP contribution in [0.5, 0.6) is 0 Å². The van der Waals surface area contributed by atoms with Gasteiger partial charge in [-0.2, -0.15) is 4.98 Å². The van der Waals surface area contributed by atoms with E-state index < -0.39 is 11.2 Å². The topological polar surface area (TPSA) is 92.2 Å². The molecular formula is C21H17ClN6O2. The van der Waals surface area contributed by atoms with Gasteiger partial charge in [0.15, 0.2) is 11.2 Å². The Balaban J connectivity index is 1.99. The molecule has 0 bridgehead atoms. The minimum atomic E-state index is -0.433. The maximum absolute atomic E-state index is 12.9. The molecule has 0 aliphatic rings. The van der Waals surface area contributed by atoms with E-state index >= 15 is 0 Å². The number of hydrogen-bond donors (Lipinski definition) is 1. The molecule has 2 N–H and O–H groups in total. The Morgan fingerprint density at radius 1 is 0.967 bits per heavy atom. The van der Waals surface area contributed by atoms with Gasteiger partial charge in [-0.1, -0.05) is 35.9 Å². The molecular weight excluding hydrogens is 404 g/mol. The highest BCUT2D eigenvalue weighted by Gasteiger charge is 2.22. The Morgan fingerprint density at radius 3 is 2.37 bits per heavy atom. The van der Waals surface area contributed by atoms with Crippen molar-refractivity contribution in [2.24, 2.45) is 14.1 Å². The second-order valence-corrected chi connectivity index (χ2v) is 7.51. The lowest BCUT2D eigenvalue weighted by molar-refractivity contribution is 0.708. The van der Waals surface area contributed by atoms with E-state index in [1.165, 1.54) is 11.6 Å². The number of nitrogen functional groups attached to an aromatic ring is 1. The van der Waals surface area contributed by atoms with E-state index in [0.717, 1.165) is 21.5 Å². The molecule has 0 aliphatic heterocycles. The number of halogens is 1. The lowest BCUT2D eigenvalue weighted by Crippen LogP contribution is -2.37. The molecule has 0 spiro atoms. The zero-order chi connectivity index (χ0) is 21.2. The summed E-state index contributed by atoms with van der Waals surface area (Å²) in [5.41, 5.74) is 8.99. The van der Waals surface area contributed by atoms with Crippen LogP contribution in [0.25, 0.3) is 33.9 Å². The summed E-state index contributed by atoms with van der Waals surface area (Å²) in [4.78, 5) is 29.9. The van der Waals surface area contributed by atoms with Crippen molar-refractivity contribution in [2.45, 2.75) is 0 Å². The van der Waals surface area contributed by atoms with E-state index in [2.05, 4.69) is 4.98 Å². The third-order valence-electron chi connectivity index (χ3n) is 5.28. The first kappa shape index (κ1) is 18.3. The molecule has 5 aromatic rings. The quantitative estimate of drug-likeness (QED) is 0.444. The number of fused-ring (bicyclic) bond motifs is 3. The van der Waals surface area contributed by atoms with Crippen LogP contribution in [0.3, 0.4) is 0 Å². The van der Waals surface area contributed by atoms with Crippen LogP contribution in [0.1, 0.15) is 0 Å². The van der Waals surface area contributed by atoms with Crippen molar-refractivity contribution in [1.82, 2.24) is 23.1 Å². The van der Waals surface area contributed by atoms with E-state index in [0.29, 0.717) is 27.7 Å². The van der Waals surface area contributed by atoms with Gasteiger partial charge in [0, 0.05) is 30.9 Å². The fourth-order valence-electron chi connectivity index (χ4n) is 3.72. The van der Waals surface area contributed by atoms with Crippen LogP contribution in [0, 0.1) is 0 Å². The molecule has 0 atom stereocenters. The summed E-state index contributed by atoms with van der Waals surface area (Å²) in [5.74, 6) is 0.478. The van der Waals surface area contributed by atoms with Gasteiger partial charge in [-0.15, -0.1) is 0 Å². The minimum absolute atomic E-state index is 0.309. The number of anilines is 1. The zero-order valence-electron chi connectivity index (χ0n) is 16.2. The predicted molar refractivity (Wildman–Crippen MR) is 117 cm³/mol. The molecule has 3 heterocycles. The van der Waals surface area contributed by atoms with Gasteiger partial charge in [-0.05, 0) is 24.3 Å². The molecule has 0 radical (unpaired) electrons. The van der Waals surface area contributed by atoms with Crippen LogP contribution in [0.4, 0.5) is 5.69 Å². The van der Waals surface area contributed by atoms with Crippen molar-refractivity contribution >= 4 is 34.2 Å². The number of aryl methyl sites for hydroxylation is 1. The molecule has 3 aromatic heterocycles. The summed E-state index contributed by atoms with van der Waals surface area (Å²) >= 11 is 6.07. The summed E-state index contributed by atoms with van der Waals surface area (Å²) < 4.78 is 6.02. The van der Waals surface area contributed by atoms with Gasteiger partial charge >= 0.3 is 5.69 Å². The van der Waals surface area contributed by atoms with Gasteiger partial charge < -0.3 is 5.73 Å². The van der Waals surface area contributed by atoms with Gasteiger partial charge in [-0.3, -0.25) is 22.9 Å². The Bertz CT molecular complexity index is 1570. The molecule has 0 fully saturated rings. The Labute approximate surface area is 175 Å². The van der Waals surface area contributed by atoms with Crippen LogP contribution in [0.2, 0.25) is 5.02 Å². The van der Waals surface area contributed by atoms with Crippen LogP contribution in [-0.4, -0.2) is 23.1 Å². The van der Waals surface area contributed by atoms with E-state index in [-0.39, 0.29) is 0 Å². The van der Waals surface area contributed by atoms with Crippen LogP contribution in [0.15, 0.2) is 64.3 Å². The average molecular weight is 421 g/mol.